The third-order valence-electron chi connectivity index (χ3n) is 1.98. The van der Waals surface area contributed by atoms with E-state index in [0.29, 0.717) is 12.5 Å². The Labute approximate surface area is 70.3 Å². The van der Waals surface area contributed by atoms with Gasteiger partial charge in [-0.05, 0) is 18.8 Å². The lowest BCUT2D eigenvalue weighted by Gasteiger charge is -2.18. The van der Waals surface area contributed by atoms with E-state index in [-0.39, 0.29) is 7.43 Å². The zero-order chi connectivity index (χ0) is 7.82. The Bertz CT molecular complexity index is 58.6. The van der Waals surface area contributed by atoms with Gasteiger partial charge in [0.25, 0.3) is 0 Å². The third-order valence-corrected chi connectivity index (χ3v) is 1.98. The lowest BCUT2D eigenvalue weighted by Crippen LogP contribution is -2.09. The fourth-order valence-electron chi connectivity index (χ4n) is 1.37. The van der Waals surface area contributed by atoms with Gasteiger partial charge in [-0.25, -0.2) is 0 Å². The Hall–Kier alpha value is -0.0800. The Morgan fingerprint density at radius 3 is 1.82 bits per heavy atom. The molecule has 0 saturated heterocycles. The molecule has 1 rings (SSSR count). The molecule has 0 aliphatic heterocycles. The van der Waals surface area contributed by atoms with Crippen LogP contribution < -0.4 is 0 Å². The Morgan fingerprint density at radius 2 is 1.55 bits per heavy atom. The first kappa shape index (κ1) is 13.5. The van der Waals surface area contributed by atoms with Crippen molar-refractivity contribution < 1.29 is 10.2 Å². The monoisotopic (exact) mass is 162 g/mol. The molecule has 11 heavy (non-hydrogen) atoms. The molecule has 1 saturated carbocycles. The second-order valence-electron chi connectivity index (χ2n) is 2.69. The largest absolute Gasteiger partial charge is 0.400 e. The summed E-state index contributed by atoms with van der Waals surface area (Å²) in [6.07, 6.45) is 6.58. The number of aliphatic hydroxyl groups is 2. The molecule has 0 spiro atoms. The van der Waals surface area contributed by atoms with Gasteiger partial charge in [-0.3, -0.25) is 0 Å². The molecule has 2 heteroatoms. The quantitative estimate of drug-likeness (QED) is 0.617. The van der Waals surface area contributed by atoms with Crippen molar-refractivity contribution in [2.75, 3.05) is 13.7 Å². The summed E-state index contributed by atoms with van der Waals surface area (Å²) in [4.78, 5) is 0. The van der Waals surface area contributed by atoms with Crippen molar-refractivity contribution in [3.8, 4) is 0 Å². The van der Waals surface area contributed by atoms with Crippen LogP contribution in [0.15, 0.2) is 0 Å². The van der Waals surface area contributed by atoms with Crippen molar-refractivity contribution in [3.05, 3.63) is 0 Å². The number of hydrogen-bond acceptors (Lipinski definition) is 2. The third kappa shape index (κ3) is 6.32. The predicted octanol–water partition coefficient (Wildman–Crippen LogP) is 1.80. The zero-order valence-electron chi connectivity index (χ0n) is 6.71. The zero-order valence-corrected chi connectivity index (χ0v) is 6.71. The SMILES string of the molecule is C.CO.OCC1CCCCC1. The van der Waals surface area contributed by atoms with E-state index >= 15 is 0 Å². The molecule has 0 heterocycles. The van der Waals surface area contributed by atoms with Crippen LogP contribution in [0.25, 0.3) is 0 Å². The van der Waals surface area contributed by atoms with Gasteiger partial charge in [-0.1, -0.05) is 26.7 Å². The van der Waals surface area contributed by atoms with Crippen molar-refractivity contribution in [2.24, 2.45) is 5.92 Å². The van der Waals surface area contributed by atoms with Crippen LogP contribution in [-0.2, 0) is 0 Å². The second kappa shape index (κ2) is 9.92. The minimum Gasteiger partial charge on any atom is -0.400 e. The normalized spacial score (nSPS) is 17.7. The van der Waals surface area contributed by atoms with E-state index in [9.17, 15) is 0 Å². The molecule has 0 radical (unpaired) electrons. The summed E-state index contributed by atoms with van der Waals surface area (Å²) in [6, 6.07) is 0. The molecule has 0 amide bonds. The average molecular weight is 162 g/mol. The smallest absolute Gasteiger partial charge is 0.0459 e. The van der Waals surface area contributed by atoms with E-state index in [2.05, 4.69) is 0 Å². The van der Waals surface area contributed by atoms with Crippen molar-refractivity contribution in [1.29, 1.82) is 0 Å². The Morgan fingerprint density at radius 1 is 1.09 bits per heavy atom. The Balaban J connectivity index is 0. The molecule has 70 valence electrons. The van der Waals surface area contributed by atoms with Gasteiger partial charge in [-0.15, -0.1) is 0 Å². The van der Waals surface area contributed by atoms with E-state index in [1.165, 1.54) is 32.1 Å². The van der Waals surface area contributed by atoms with Crippen molar-refractivity contribution in [3.63, 3.8) is 0 Å². The molecule has 0 aromatic carbocycles. The molecule has 0 unspecified atom stereocenters. The molecule has 1 aliphatic carbocycles. The summed E-state index contributed by atoms with van der Waals surface area (Å²) in [5.74, 6) is 0.642. The Kier molecular flexibility index (Phi) is 12.2. The van der Waals surface area contributed by atoms with Gasteiger partial charge in [-0.2, -0.15) is 0 Å². The minimum atomic E-state index is 0. The van der Waals surface area contributed by atoms with Crippen LogP contribution in [0.2, 0.25) is 0 Å². The fraction of sp³-hybridized carbons (Fsp3) is 1.00. The van der Waals surface area contributed by atoms with Gasteiger partial charge in [0, 0.05) is 13.7 Å². The molecule has 1 fully saturated rings. The highest BCUT2D eigenvalue weighted by molar-refractivity contribution is 4.63. The summed E-state index contributed by atoms with van der Waals surface area (Å²) in [7, 11) is 1.00. The first-order valence-electron chi connectivity index (χ1n) is 3.99. The second-order valence-corrected chi connectivity index (χ2v) is 2.69. The topological polar surface area (TPSA) is 40.5 Å². The minimum absolute atomic E-state index is 0. The van der Waals surface area contributed by atoms with Crippen molar-refractivity contribution >= 4 is 0 Å². The predicted molar refractivity (Wildman–Crippen MR) is 48.5 cm³/mol. The first-order valence-corrected chi connectivity index (χ1v) is 3.99. The molecule has 2 nitrogen and oxygen atoms in total. The highest BCUT2D eigenvalue weighted by Crippen LogP contribution is 2.22. The van der Waals surface area contributed by atoms with E-state index in [4.69, 9.17) is 10.2 Å². The molecule has 0 bridgehead atoms. The summed E-state index contributed by atoms with van der Waals surface area (Å²) in [5, 5.41) is 15.7. The van der Waals surface area contributed by atoms with Crippen LogP contribution in [0.5, 0.6) is 0 Å². The van der Waals surface area contributed by atoms with E-state index in [1.54, 1.807) is 0 Å². The van der Waals surface area contributed by atoms with Gasteiger partial charge >= 0.3 is 0 Å². The molecule has 2 N–H and O–H groups in total. The van der Waals surface area contributed by atoms with Gasteiger partial charge in [0.2, 0.25) is 0 Å². The molecule has 0 aromatic heterocycles. The van der Waals surface area contributed by atoms with E-state index < -0.39 is 0 Å². The molecule has 0 aromatic rings. The van der Waals surface area contributed by atoms with Gasteiger partial charge in [0.05, 0.1) is 0 Å². The van der Waals surface area contributed by atoms with Gasteiger partial charge in [0.15, 0.2) is 0 Å². The molecular formula is C9H22O2. The van der Waals surface area contributed by atoms with Crippen LogP contribution in [0.3, 0.4) is 0 Å². The number of hydrogen-bond donors (Lipinski definition) is 2. The van der Waals surface area contributed by atoms with Crippen LogP contribution >= 0.6 is 0 Å². The average Bonchev–Trinajstić information content (AvgIpc) is 2.10. The summed E-state index contributed by atoms with van der Waals surface area (Å²) < 4.78 is 0. The van der Waals surface area contributed by atoms with Crippen molar-refractivity contribution in [1.82, 2.24) is 0 Å². The maximum absolute atomic E-state index is 8.69. The highest BCUT2D eigenvalue weighted by Gasteiger charge is 2.10. The van der Waals surface area contributed by atoms with Crippen LogP contribution in [0.1, 0.15) is 39.5 Å². The van der Waals surface area contributed by atoms with Crippen molar-refractivity contribution in [2.45, 2.75) is 39.5 Å². The molecular weight excluding hydrogens is 140 g/mol. The lowest BCUT2D eigenvalue weighted by atomic mass is 9.90. The first-order chi connectivity index (χ1) is 4.93. The summed E-state index contributed by atoms with van der Waals surface area (Å²) >= 11 is 0. The standard InChI is InChI=1S/C7H14O.CH4O.CH4/c8-6-7-4-2-1-3-5-7;1-2;/h7-8H,1-6H2;2H,1H3;1H4. The van der Waals surface area contributed by atoms with Gasteiger partial charge < -0.3 is 10.2 Å². The lowest BCUT2D eigenvalue weighted by molar-refractivity contribution is 0.190. The highest BCUT2D eigenvalue weighted by atomic mass is 16.3. The van der Waals surface area contributed by atoms with Gasteiger partial charge in [0.1, 0.15) is 0 Å². The summed E-state index contributed by atoms with van der Waals surface area (Å²) in [6.45, 7) is 0.417. The van der Waals surface area contributed by atoms with E-state index in [0.717, 1.165) is 7.11 Å². The van der Waals surface area contributed by atoms with Crippen LogP contribution in [-0.4, -0.2) is 23.9 Å². The maximum Gasteiger partial charge on any atom is 0.0459 e. The van der Waals surface area contributed by atoms with Crippen LogP contribution in [0.4, 0.5) is 0 Å². The number of aliphatic hydroxyl groups excluding tert-OH is 2. The van der Waals surface area contributed by atoms with E-state index in [1.807, 2.05) is 0 Å². The molecule has 1 aliphatic rings. The number of rotatable bonds is 1. The summed E-state index contributed by atoms with van der Waals surface area (Å²) in [5.41, 5.74) is 0. The molecule has 0 atom stereocenters. The van der Waals surface area contributed by atoms with Crippen LogP contribution in [0, 0.1) is 5.92 Å². The fourth-order valence-corrected chi connectivity index (χ4v) is 1.37. The maximum atomic E-state index is 8.69.